The largest absolute Gasteiger partial charge is 0.480 e. The average Bonchev–Trinajstić information content (AvgIpc) is 1.95. The molecule has 1 unspecified atom stereocenters. The summed E-state index contributed by atoms with van der Waals surface area (Å²) in [6, 6.07) is -0.160. The summed E-state index contributed by atoms with van der Waals surface area (Å²) in [4.78, 5) is 10.4. The number of aliphatic carboxylic acids is 1. The lowest BCUT2D eigenvalue weighted by atomic mass is 10.2. The van der Waals surface area contributed by atoms with E-state index in [1.807, 2.05) is 0 Å². The molecule has 7 heteroatoms. The lowest BCUT2D eigenvalue weighted by Crippen LogP contribution is -2.58. The molecule has 1 aliphatic heterocycles. The maximum absolute atomic E-state index is 11.3. The zero-order valence-corrected chi connectivity index (χ0v) is 7.97. The number of rotatable bonds is 4. The molecule has 1 aliphatic rings. The van der Waals surface area contributed by atoms with Gasteiger partial charge < -0.3 is 10.4 Å². The summed E-state index contributed by atoms with van der Waals surface area (Å²) in [7, 11) is -3.71. The van der Waals surface area contributed by atoms with Gasteiger partial charge in [0, 0.05) is 19.1 Å². The fourth-order valence-corrected chi connectivity index (χ4v) is 1.94. The maximum atomic E-state index is 11.3. The molecule has 0 saturated carbocycles. The Morgan fingerprint density at radius 3 is 2.46 bits per heavy atom. The van der Waals surface area contributed by atoms with E-state index in [0.29, 0.717) is 13.1 Å². The quantitative estimate of drug-likeness (QED) is 0.514. The van der Waals surface area contributed by atoms with Crippen molar-refractivity contribution < 1.29 is 18.3 Å². The first kappa shape index (κ1) is 10.4. The number of hydrogen-bond acceptors (Lipinski definition) is 4. The van der Waals surface area contributed by atoms with Gasteiger partial charge in [0.25, 0.3) is 0 Å². The van der Waals surface area contributed by atoms with E-state index in [1.165, 1.54) is 0 Å². The monoisotopic (exact) mass is 208 g/mol. The van der Waals surface area contributed by atoms with E-state index in [0.717, 1.165) is 6.92 Å². The summed E-state index contributed by atoms with van der Waals surface area (Å²) in [6.07, 6.45) is 0. The summed E-state index contributed by atoms with van der Waals surface area (Å²) in [5.41, 5.74) is 0. The van der Waals surface area contributed by atoms with Gasteiger partial charge in [-0.05, 0) is 6.92 Å². The highest BCUT2D eigenvalue weighted by Gasteiger charge is 2.31. The van der Waals surface area contributed by atoms with Crippen LogP contribution >= 0.6 is 0 Å². The van der Waals surface area contributed by atoms with E-state index in [2.05, 4.69) is 10.0 Å². The van der Waals surface area contributed by atoms with Gasteiger partial charge in [0.15, 0.2) is 5.25 Å². The van der Waals surface area contributed by atoms with Crippen LogP contribution in [0, 0.1) is 0 Å². The summed E-state index contributed by atoms with van der Waals surface area (Å²) >= 11 is 0. The summed E-state index contributed by atoms with van der Waals surface area (Å²) < 4.78 is 24.8. The minimum Gasteiger partial charge on any atom is -0.480 e. The minimum atomic E-state index is -3.71. The number of carboxylic acid groups (broad SMARTS) is 1. The summed E-state index contributed by atoms with van der Waals surface area (Å²) in [5.74, 6) is -1.33. The Morgan fingerprint density at radius 2 is 2.15 bits per heavy atom. The van der Waals surface area contributed by atoms with Gasteiger partial charge in [-0.1, -0.05) is 0 Å². The second-order valence-corrected chi connectivity index (χ2v) is 5.03. The van der Waals surface area contributed by atoms with Gasteiger partial charge in [-0.2, -0.15) is 0 Å². The van der Waals surface area contributed by atoms with Crippen molar-refractivity contribution in [3.63, 3.8) is 0 Å². The Bertz CT molecular complexity index is 296. The summed E-state index contributed by atoms with van der Waals surface area (Å²) in [5, 5.41) is 9.97. The molecule has 1 fully saturated rings. The van der Waals surface area contributed by atoms with E-state index in [9.17, 15) is 13.2 Å². The maximum Gasteiger partial charge on any atom is 0.323 e. The Kier molecular flexibility index (Phi) is 2.89. The average molecular weight is 208 g/mol. The molecular weight excluding hydrogens is 196 g/mol. The molecule has 13 heavy (non-hydrogen) atoms. The highest BCUT2D eigenvalue weighted by atomic mass is 32.2. The minimum absolute atomic E-state index is 0.160. The van der Waals surface area contributed by atoms with Gasteiger partial charge in [0.1, 0.15) is 0 Å². The van der Waals surface area contributed by atoms with Crippen molar-refractivity contribution in [3.8, 4) is 0 Å². The van der Waals surface area contributed by atoms with Gasteiger partial charge in [-0.25, -0.2) is 13.1 Å². The number of carboxylic acids is 1. The third-order valence-electron chi connectivity index (χ3n) is 1.93. The first-order chi connectivity index (χ1) is 5.93. The van der Waals surface area contributed by atoms with Gasteiger partial charge >= 0.3 is 5.97 Å². The fourth-order valence-electron chi connectivity index (χ4n) is 0.839. The zero-order chi connectivity index (χ0) is 10.1. The molecule has 0 aliphatic carbocycles. The summed E-state index contributed by atoms with van der Waals surface area (Å²) in [6.45, 7) is 2.27. The van der Waals surface area contributed by atoms with Crippen LogP contribution in [0.25, 0.3) is 0 Å². The predicted octanol–water partition coefficient (Wildman–Crippen LogP) is -1.65. The third-order valence-corrected chi connectivity index (χ3v) is 3.72. The lowest BCUT2D eigenvalue weighted by Gasteiger charge is -2.28. The molecule has 1 heterocycles. The first-order valence-electron chi connectivity index (χ1n) is 3.88. The molecule has 76 valence electrons. The van der Waals surface area contributed by atoms with Crippen molar-refractivity contribution in [2.75, 3.05) is 13.1 Å². The number of sulfonamides is 1. The van der Waals surface area contributed by atoms with Crippen LogP contribution in [0.5, 0.6) is 0 Å². The van der Waals surface area contributed by atoms with Crippen molar-refractivity contribution in [2.24, 2.45) is 0 Å². The fraction of sp³-hybridized carbons (Fsp3) is 0.833. The lowest BCUT2D eigenvalue weighted by molar-refractivity contribution is -0.136. The van der Waals surface area contributed by atoms with Crippen molar-refractivity contribution in [2.45, 2.75) is 18.2 Å². The van der Waals surface area contributed by atoms with Crippen molar-refractivity contribution in [1.82, 2.24) is 10.0 Å². The molecule has 1 atom stereocenters. The number of nitrogens with one attached hydrogen (secondary N) is 2. The molecule has 0 aromatic carbocycles. The van der Waals surface area contributed by atoms with Crippen LogP contribution in [0.3, 0.4) is 0 Å². The molecule has 0 spiro atoms. The SMILES string of the molecule is CC(C(=O)O)S(=O)(=O)NC1CNC1. The van der Waals surface area contributed by atoms with E-state index in [-0.39, 0.29) is 6.04 Å². The van der Waals surface area contributed by atoms with Crippen molar-refractivity contribution in [3.05, 3.63) is 0 Å². The molecule has 1 saturated heterocycles. The van der Waals surface area contributed by atoms with Crippen LogP contribution in [0.2, 0.25) is 0 Å². The highest BCUT2D eigenvalue weighted by Crippen LogP contribution is 2.02. The normalized spacial score (nSPS) is 20.7. The second kappa shape index (κ2) is 3.60. The van der Waals surface area contributed by atoms with Crippen LogP contribution in [0.15, 0.2) is 0 Å². The molecule has 3 N–H and O–H groups in total. The molecule has 0 bridgehead atoms. The standard InChI is InChI=1S/C6H12N2O4S/c1-4(6(9)10)13(11,12)8-5-2-7-3-5/h4-5,7-8H,2-3H2,1H3,(H,9,10). The second-order valence-electron chi connectivity index (χ2n) is 3.00. The molecular formula is C6H12N2O4S. The van der Waals surface area contributed by atoms with Gasteiger partial charge in [0.2, 0.25) is 10.0 Å². The smallest absolute Gasteiger partial charge is 0.323 e. The van der Waals surface area contributed by atoms with E-state index >= 15 is 0 Å². The Hall–Kier alpha value is -0.660. The van der Waals surface area contributed by atoms with Crippen molar-refractivity contribution >= 4 is 16.0 Å². The number of hydrogen-bond donors (Lipinski definition) is 3. The molecule has 0 aromatic heterocycles. The van der Waals surface area contributed by atoms with Crippen LogP contribution in [0.1, 0.15) is 6.92 Å². The van der Waals surface area contributed by atoms with Crippen LogP contribution in [-0.4, -0.2) is 43.9 Å². The Balaban J connectivity index is 2.59. The van der Waals surface area contributed by atoms with Crippen LogP contribution in [-0.2, 0) is 14.8 Å². The van der Waals surface area contributed by atoms with E-state index < -0.39 is 21.2 Å². The van der Waals surface area contributed by atoms with Gasteiger partial charge in [0.05, 0.1) is 0 Å². The molecule has 6 nitrogen and oxygen atoms in total. The Morgan fingerprint density at radius 1 is 1.62 bits per heavy atom. The topological polar surface area (TPSA) is 95.5 Å². The van der Waals surface area contributed by atoms with E-state index in [1.54, 1.807) is 0 Å². The predicted molar refractivity (Wildman–Crippen MR) is 45.8 cm³/mol. The molecule has 0 amide bonds. The van der Waals surface area contributed by atoms with Crippen molar-refractivity contribution in [1.29, 1.82) is 0 Å². The third kappa shape index (κ3) is 2.39. The van der Waals surface area contributed by atoms with Gasteiger partial charge in [-0.15, -0.1) is 0 Å². The van der Waals surface area contributed by atoms with Crippen LogP contribution < -0.4 is 10.0 Å². The Labute approximate surface area is 76.4 Å². The molecule has 0 aromatic rings. The van der Waals surface area contributed by atoms with E-state index in [4.69, 9.17) is 5.11 Å². The number of carbonyl (C=O) groups is 1. The first-order valence-corrected chi connectivity index (χ1v) is 5.43. The van der Waals surface area contributed by atoms with Gasteiger partial charge in [-0.3, -0.25) is 4.79 Å². The zero-order valence-electron chi connectivity index (χ0n) is 7.15. The highest BCUT2D eigenvalue weighted by molar-refractivity contribution is 7.90. The molecule has 0 radical (unpaired) electrons. The molecule has 1 rings (SSSR count). The van der Waals surface area contributed by atoms with Crippen LogP contribution in [0.4, 0.5) is 0 Å².